The molecule has 37 heavy (non-hydrogen) atoms. The molecule has 1 aromatic carbocycles. The fourth-order valence-corrected chi connectivity index (χ4v) is 4.68. The number of carbonyl (C=O) groups excluding carboxylic acids is 1. The van der Waals surface area contributed by atoms with Gasteiger partial charge in [-0.05, 0) is 30.5 Å². The minimum Gasteiger partial charge on any atom is -0.381 e. The van der Waals surface area contributed by atoms with Crippen LogP contribution in [-0.2, 0) is 6.42 Å². The van der Waals surface area contributed by atoms with Crippen LogP contribution < -0.4 is 11.5 Å². The first-order chi connectivity index (χ1) is 18.1. The molecule has 0 bridgehead atoms. The van der Waals surface area contributed by atoms with E-state index >= 15 is 0 Å². The number of thiazole rings is 1. The average Bonchev–Trinajstić information content (AvgIpc) is 3.59. The summed E-state index contributed by atoms with van der Waals surface area (Å²) in [5.74, 6) is 5.98. The zero-order valence-electron chi connectivity index (χ0n) is 19.9. The predicted octanol–water partition coefficient (Wildman–Crippen LogP) is 3.83. The maximum atomic E-state index is 10.9. The summed E-state index contributed by atoms with van der Waals surface area (Å²) in [6.45, 7) is 2.14. The quantitative estimate of drug-likeness (QED) is 0.351. The van der Waals surface area contributed by atoms with Crippen molar-refractivity contribution in [1.82, 2.24) is 29.0 Å². The van der Waals surface area contributed by atoms with Crippen molar-refractivity contribution < 1.29 is 4.79 Å². The van der Waals surface area contributed by atoms with Crippen molar-refractivity contribution in [2.75, 3.05) is 5.73 Å². The lowest BCUT2D eigenvalue weighted by atomic mass is 10.1. The highest BCUT2D eigenvalue weighted by Crippen LogP contribution is 2.29. The van der Waals surface area contributed by atoms with E-state index in [-0.39, 0.29) is 11.4 Å². The van der Waals surface area contributed by atoms with Gasteiger partial charge in [-0.2, -0.15) is 0 Å². The second-order valence-corrected chi connectivity index (χ2v) is 8.70. The molecular formula is C27H22N8OS. The normalized spacial score (nSPS) is 10.5. The van der Waals surface area contributed by atoms with Crippen molar-refractivity contribution in [2.45, 2.75) is 13.3 Å². The molecule has 0 fully saturated rings. The van der Waals surface area contributed by atoms with Crippen molar-refractivity contribution in [3.8, 4) is 23.1 Å². The number of pyridine rings is 1. The lowest BCUT2D eigenvalue weighted by molar-refractivity contribution is 0.100. The van der Waals surface area contributed by atoms with Gasteiger partial charge in [0.2, 0.25) is 0 Å². The molecule has 0 saturated carbocycles. The second-order valence-electron chi connectivity index (χ2n) is 7.86. The van der Waals surface area contributed by atoms with Gasteiger partial charge in [-0.1, -0.05) is 43.2 Å². The summed E-state index contributed by atoms with van der Waals surface area (Å²) in [7, 11) is 0. The number of hydrogen-bond donors (Lipinski definition) is 2. The van der Waals surface area contributed by atoms with E-state index in [1.807, 2.05) is 18.2 Å². The molecule has 0 unspecified atom stereocenters. The number of carbonyl (C=O) groups is 1. The Morgan fingerprint density at radius 1 is 1.05 bits per heavy atom. The number of anilines is 1. The van der Waals surface area contributed by atoms with Crippen LogP contribution in [0.3, 0.4) is 0 Å². The van der Waals surface area contributed by atoms with Crippen molar-refractivity contribution in [2.24, 2.45) is 5.73 Å². The molecule has 0 aliphatic rings. The Labute approximate surface area is 216 Å². The van der Waals surface area contributed by atoms with Gasteiger partial charge in [0, 0.05) is 41.3 Å². The number of rotatable bonds is 3. The lowest BCUT2D eigenvalue weighted by Gasteiger charge is -2.03. The number of benzene rings is 1. The van der Waals surface area contributed by atoms with Crippen molar-refractivity contribution in [3.05, 3.63) is 101 Å². The maximum Gasteiger partial charge on any atom is 0.256 e. The molecule has 0 atom stereocenters. The minimum absolute atomic E-state index is 0.103. The fourth-order valence-electron chi connectivity index (χ4n) is 3.84. The lowest BCUT2D eigenvalue weighted by Crippen LogP contribution is -2.12. The topological polar surface area (TPSA) is 129 Å². The predicted molar refractivity (Wildman–Crippen MR) is 144 cm³/mol. The molecule has 5 heterocycles. The molecule has 0 aliphatic carbocycles. The number of hydrogen-bond acceptors (Lipinski definition) is 7. The van der Waals surface area contributed by atoms with Crippen molar-refractivity contribution >= 4 is 33.7 Å². The third kappa shape index (κ3) is 4.76. The minimum atomic E-state index is -0.619. The highest BCUT2D eigenvalue weighted by molar-refractivity contribution is 7.15. The van der Waals surface area contributed by atoms with E-state index in [9.17, 15) is 4.79 Å². The third-order valence-corrected chi connectivity index (χ3v) is 6.33. The molecule has 0 saturated heterocycles. The van der Waals surface area contributed by atoms with Crippen LogP contribution in [0.15, 0.2) is 78.7 Å². The number of nitrogen functional groups attached to an aromatic ring is 1. The fraction of sp³-hybridized carbons (Fsp3) is 0.0741. The van der Waals surface area contributed by atoms with E-state index in [2.05, 4.69) is 67.9 Å². The largest absolute Gasteiger partial charge is 0.381 e. The Kier molecular flexibility index (Phi) is 6.61. The molecule has 0 radical (unpaired) electrons. The Morgan fingerprint density at radius 3 is 2.57 bits per heavy atom. The molecule has 1 amide bonds. The van der Waals surface area contributed by atoms with Gasteiger partial charge >= 0.3 is 0 Å². The molecular weight excluding hydrogens is 484 g/mol. The first-order valence-corrected chi connectivity index (χ1v) is 12.3. The zero-order valence-corrected chi connectivity index (χ0v) is 20.7. The van der Waals surface area contributed by atoms with Gasteiger partial charge in [0.15, 0.2) is 16.4 Å². The highest BCUT2D eigenvalue weighted by Gasteiger charge is 2.17. The second kappa shape index (κ2) is 10.3. The third-order valence-electron chi connectivity index (χ3n) is 5.50. The monoisotopic (exact) mass is 506 g/mol. The van der Waals surface area contributed by atoms with Crippen LogP contribution in [0.5, 0.6) is 0 Å². The summed E-state index contributed by atoms with van der Waals surface area (Å²) in [4.78, 5) is 24.7. The number of fused-ring (bicyclic) bond motifs is 2. The van der Waals surface area contributed by atoms with E-state index in [0.717, 1.165) is 34.0 Å². The molecule has 6 rings (SSSR count). The zero-order chi connectivity index (χ0) is 25.8. The summed E-state index contributed by atoms with van der Waals surface area (Å²) < 4.78 is 3.59. The van der Waals surface area contributed by atoms with Gasteiger partial charge in [-0.25, -0.2) is 14.5 Å². The maximum absolute atomic E-state index is 10.9. The molecule has 9 nitrogen and oxygen atoms in total. The van der Waals surface area contributed by atoms with E-state index in [1.54, 1.807) is 42.2 Å². The summed E-state index contributed by atoms with van der Waals surface area (Å²) in [5.41, 5.74) is 16.5. The van der Waals surface area contributed by atoms with E-state index in [4.69, 9.17) is 16.5 Å². The Bertz CT molecular complexity index is 1760. The van der Waals surface area contributed by atoms with Gasteiger partial charge in [0.25, 0.3) is 5.91 Å². The van der Waals surface area contributed by atoms with Crippen molar-refractivity contribution in [1.29, 1.82) is 0 Å². The van der Waals surface area contributed by atoms with Crippen LogP contribution in [0.25, 0.3) is 21.9 Å². The molecule has 4 N–H and O–H groups in total. The molecule has 182 valence electrons. The summed E-state index contributed by atoms with van der Waals surface area (Å²) in [5, 5.41) is 5.94. The Morgan fingerprint density at radius 2 is 1.84 bits per heavy atom. The standard InChI is InChI=1S/C20H15N3S.C7H7N5O/c1-2-18-19(16-6-4-3-5-7-16)23-17(14-24-20(23)22-18)9-8-15-10-12-21-13-11-15;8-5-4(6(9)13)7-10-2-1-3-12(7)11-5/h3-7,10-14H,2H2,1H3;1-3H,(H2,8,11)(H2,9,13). The summed E-state index contributed by atoms with van der Waals surface area (Å²) in [6.07, 6.45) is 7.61. The molecule has 0 spiro atoms. The van der Waals surface area contributed by atoms with Crippen LogP contribution >= 0.6 is 11.3 Å². The van der Waals surface area contributed by atoms with Crippen LogP contribution in [0, 0.1) is 11.8 Å². The van der Waals surface area contributed by atoms with Crippen LogP contribution in [0.1, 0.15) is 34.2 Å². The smallest absolute Gasteiger partial charge is 0.256 e. The Balaban J connectivity index is 0.000000182. The van der Waals surface area contributed by atoms with Gasteiger partial charge in [0.1, 0.15) is 11.3 Å². The number of nitrogens with zero attached hydrogens (tertiary/aromatic N) is 6. The summed E-state index contributed by atoms with van der Waals surface area (Å²) >= 11 is 1.63. The van der Waals surface area contributed by atoms with Gasteiger partial charge in [0.05, 0.1) is 11.4 Å². The SMILES string of the molecule is CCc1nc2scc(C#Cc3ccncc3)n2c1-c1ccccc1.NC(=O)c1c(N)nn2cccnc12. The van der Waals surface area contributed by atoms with Crippen LogP contribution in [-0.4, -0.2) is 34.9 Å². The van der Waals surface area contributed by atoms with E-state index < -0.39 is 5.91 Å². The van der Waals surface area contributed by atoms with Crippen molar-refractivity contribution in [3.63, 3.8) is 0 Å². The molecule has 0 aliphatic heterocycles. The number of nitrogens with two attached hydrogens (primary N) is 2. The van der Waals surface area contributed by atoms with Gasteiger partial charge < -0.3 is 11.5 Å². The van der Waals surface area contributed by atoms with Gasteiger partial charge in [-0.3, -0.25) is 14.2 Å². The number of imidazole rings is 1. The molecule has 10 heteroatoms. The number of aromatic nitrogens is 6. The summed E-state index contributed by atoms with van der Waals surface area (Å²) in [6, 6.07) is 15.9. The molecule has 5 aromatic heterocycles. The number of aryl methyl sites for hydroxylation is 1. The number of amides is 1. The van der Waals surface area contributed by atoms with Gasteiger partial charge in [-0.15, -0.1) is 16.4 Å². The van der Waals surface area contributed by atoms with E-state index in [0.29, 0.717) is 5.65 Å². The van der Waals surface area contributed by atoms with E-state index in [1.165, 1.54) is 10.1 Å². The van der Waals surface area contributed by atoms with Crippen LogP contribution in [0.2, 0.25) is 0 Å². The van der Waals surface area contributed by atoms with Crippen LogP contribution in [0.4, 0.5) is 5.82 Å². The highest BCUT2D eigenvalue weighted by atomic mass is 32.1. The average molecular weight is 507 g/mol. The first kappa shape index (κ1) is 23.7. The molecule has 6 aromatic rings. The number of primary amides is 1. The first-order valence-electron chi connectivity index (χ1n) is 11.4. The Hall–Kier alpha value is -5.01.